The molecule has 0 amide bonds. The van der Waals surface area contributed by atoms with Crippen molar-refractivity contribution in [1.82, 2.24) is 9.21 Å². The number of halogens is 2. The van der Waals surface area contributed by atoms with Crippen molar-refractivity contribution in [3.63, 3.8) is 0 Å². The third kappa shape index (κ3) is 3.08. The van der Waals surface area contributed by atoms with Gasteiger partial charge in [0, 0.05) is 43.7 Å². The van der Waals surface area contributed by atoms with Crippen LogP contribution in [0.3, 0.4) is 0 Å². The number of hydrogen-bond acceptors (Lipinski definition) is 5. The second-order valence-electron chi connectivity index (χ2n) is 8.76. The van der Waals surface area contributed by atoms with Gasteiger partial charge in [0.2, 0.25) is 10.0 Å². The monoisotopic (exact) mass is 414 g/mol. The van der Waals surface area contributed by atoms with Crippen LogP contribution in [0.25, 0.3) is 0 Å². The molecule has 0 N–H and O–H groups in total. The summed E-state index contributed by atoms with van der Waals surface area (Å²) in [5.74, 6) is -1.78. The van der Waals surface area contributed by atoms with Gasteiger partial charge in [0.1, 0.15) is 11.6 Å². The van der Waals surface area contributed by atoms with Crippen LogP contribution in [-0.4, -0.2) is 75.3 Å². The zero-order chi connectivity index (χ0) is 19.6. The Kier molecular flexibility index (Phi) is 4.34. The minimum Gasteiger partial charge on any atom is -0.380 e. The maximum Gasteiger partial charge on any atom is 0.243 e. The first-order valence-electron chi connectivity index (χ1n) is 9.71. The molecule has 0 aromatic heterocycles. The van der Waals surface area contributed by atoms with Crippen molar-refractivity contribution in [3.05, 3.63) is 29.8 Å². The summed E-state index contributed by atoms with van der Waals surface area (Å²) in [6, 6.07) is 2.79. The van der Waals surface area contributed by atoms with Gasteiger partial charge < -0.3 is 9.47 Å². The summed E-state index contributed by atoms with van der Waals surface area (Å²) in [5.41, 5.74) is 0.0795. The van der Waals surface area contributed by atoms with E-state index in [1.54, 1.807) is 0 Å². The Hall–Kier alpha value is -1.13. The Morgan fingerprint density at radius 2 is 1.68 bits per heavy atom. The summed E-state index contributed by atoms with van der Waals surface area (Å²) in [7, 11) is -3.91. The Morgan fingerprint density at radius 3 is 2.25 bits per heavy atom. The fraction of sp³-hybridized carbons (Fsp3) is 0.684. The van der Waals surface area contributed by atoms with Crippen molar-refractivity contribution in [2.75, 3.05) is 46.0 Å². The highest BCUT2D eigenvalue weighted by Crippen LogP contribution is 2.44. The van der Waals surface area contributed by atoms with Gasteiger partial charge in [-0.25, -0.2) is 17.2 Å². The molecule has 0 radical (unpaired) electrons. The summed E-state index contributed by atoms with van der Waals surface area (Å²) in [4.78, 5) is 2.12. The Morgan fingerprint density at radius 1 is 1.04 bits per heavy atom. The summed E-state index contributed by atoms with van der Waals surface area (Å²) in [6.07, 6.45) is 2.11. The average molecular weight is 414 g/mol. The number of ether oxygens (including phenoxy) is 2. The van der Waals surface area contributed by atoms with E-state index in [9.17, 15) is 17.2 Å². The zero-order valence-corrected chi connectivity index (χ0v) is 16.4. The van der Waals surface area contributed by atoms with Crippen molar-refractivity contribution >= 4 is 10.0 Å². The highest BCUT2D eigenvalue weighted by Gasteiger charge is 2.54. The van der Waals surface area contributed by atoms with Gasteiger partial charge in [-0.2, -0.15) is 4.31 Å². The molecule has 5 rings (SSSR count). The highest BCUT2D eigenvalue weighted by atomic mass is 32.2. The molecule has 1 atom stereocenters. The first-order chi connectivity index (χ1) is 13.3. The molecular weight excluding hydrogens is 390 g/mol. The van der Waals surface area contributed by atoms with Crippen LogP contribution in [0.5, 0.6) is 0 Å². The highest BCUT2D eigenvalue weighted by molar-refractivity contribution is 7.89. The van der Waals surface area contributed by atoms with Crippen molar-refractivity contribution < 1.29 is 26.7 Å². The van der Waals surface area contributed by atoms with Gasteiger partial charge in [-0.3, -0.25) is 4.90 Å². The SMILES string of the molecule is O=S(=O)(c1cc(F)cc(F)c1)N1CCC2(CC1)C[C@@H](N1CC3(COC3)C1)CO2. The van der Waals surface area contributed by atoms with Gasteiger partial charge >= 0.3 is 0 Å². The quantitative estimate of drug-likeness (QED) is 0.752. The van der Waals surface area contributed by atoms with Crippen LogP contribution >= 0.6 is 0 Å². The fourth-order valence-corrected chi connectivity index (χ4v) is 6.50. The zero-order valence-electron chi connectivity index (χ0n) is 15.6. The number of nitrogens with zero attached hydrogens (tertiary/aromatic N) is 2. The molecule has 0 unspecified atom stereocenters. The van der Waals surface area contributed by atoms with Crippen LogP contribution in [0, 0.1) is 17.0 Å². The van der Waals surface area contributed by atoms with Gasteiger partial charge in [0.15, 0.2) is 0 Å². The Labute approximate surface area is 163 Å². The molecule has 0 aliphatic carbocycles. The van der Waals surface area contributed by atoms with Gasteiger partial charge in [0.05, 0.1) is 30.3 Å². The minimum atomic E-state index is -3.91. The van der Waals surface area contributed by atoms with Gasteiger partial charge in [-0.05, 0) is 31.4 Å². The molecule has 0 saturated carbocycles. The van der Waals surface area contributed by atoms with E-state index in [1.165, 1.54) is 4.31 Å². The van der Waals surface area contributed by atoms with Crippen molar-refractivity contribution in [3.8, 4) is 0 Å². The van der Waals surface area contributed by atoms with Crippen molar-refractivity contribution in [2.45, 2.75) is 35.8 Å². The lowest BCUT2D eigenvalue weighted by molar-refractivity contribution is -0.197. The summed E-state index contributed by atoms with van der Waals surface area (Å²) in [6.45, 7) is 5.10. The molecule has 9 heteroatoms. The smallest absolute Gasteiger partial charge is 0.243 e. The lowest BCUT2D eigenvalue weighted by Gasteiger charge is -2.57. The third-order valence-electron chi connectivity index (χ3n) is 6.71. The normalized spacial score (nSPS) is 29.7. The van der Waals surface area contributed by atoms with Crippen LogP contribution in [0.1, 0.15) is 19.3 Å². The molecule has 6 nitrogen and oxygen atoms in total. The Bertz CT molecular complexity index is 854. The molecule has 0 bridgehead atoms. The van der Waals surface area contributed by atoms with E-state index < -0.39 is 21.7 Å². The van der Waals surface area contributed by atoms with E-state index in [1.807, 2.05) is 0 Å². The molecular formula is C19H24F2N2O4S. The van der Waals surface area contributed by atoms with E-state index >= 15 is 0 Å². The first kappa shape index (κ1) is 18.9. The predicted molar refractivity (Wildman–Crippen MR) is 96.3 cm³/mol. The summed E-state index contributed by atoms with van der Waals surface area (Å²) < 4.78 is 65.2. The molecule has 4 fully saturated rings. The number of benzene rings is 1. The minimum absolute atomic E-state index is 0.289. The van der Waals surface area contributed by atoms with Gasteiger partial charge in [-0.15, -0.1) is 0 Å². The molecule has 4 aliphatic rings. The van der Waals surface area contributed by atoms with Crippen LogP contribution in [0.4, 0.5) is 8.78 Å². The first-order valence-corrected chi connectivity index (χ1v) is 11.2. The fourth-order valence-electron chi connectivity index (χ4n) is 5.01. The molecule has 1 aromatic carbocycles. The lowest BCUT2D eigenvalue weighted by Crippen LogP contribution is -2.68. The van der Waals surface area contributed by atoms with Crippen molar-refractivity contribution in [2.24, 2.45) is 5.41 Å². The number of likely N-dealkylation sites (tertiary alicyclic amines) is 1. The van der Waals surface area contributed by atoms with Crippen LogP contribution in [0.15, 0.2) is 23.1 Å². The van der Waals surface area contributed by atoms with Crippen LogP contribution < -0.4 is 0 Å². The largest absolute Gasteiger partial charge is 0.380 e. The maximum absolute atomic E-state index is 13.5. The van der Waals surface area contributed by atoms with E-state index in [0.29, 0.717) is 50.1 Å². The number of rotatable bonds is 3. The standard InChI is InChI=1S/C19H24F2N2O4S/c20-14-5-15(21)7-17(6-14)28(24,25)23-3-1-19(2-4-23)8-16(9-27-19)22-10-18(11-22)12-26-13-18/h5-7,16H,1-4,8-13H2/t16-/m1/s1. The van der Waals surface area contributed by atoms with Crippen molar-refractivity contribution in [1.29, 1.82) is 0 Å². The molecule has 2 spiro atoms. The van der Waals surface area contributed by atoms with Crippen LogP contribution in [-0.2, 0) is 19.5 Å². The molecule has 4 aliphatic heterocycles. The third-order valence-corrected chi connectivity index (χ3v) is 8.58. The van der Waals surface area contributed by atoms with Crippen LogP contribution in [0.2, 0.25) is 0 Å². The molecule has 154 valence electrons. The Balaban J connectivity index is 1.21. The molecule has 28 heavy (non-hydrogen) atoms. The number of sulfonamides is 1. The number of hydrogen-bond donors (Lipinski definition) is 0. The molecule has 4 heterocycles. The van der Waals surface area contributed by atoms with E-state index in [-0.39, 0.29) is 10.5 Å². The van der Waals surface area contributed by atoms with E-state index in [0.717, 1.165) is 44.9 Å². The van der Waals surface area contributed by atoms with Gasteiger partial charge in [-0.1, -0.05) is 0 Å². The summed E-state index contributed by atoms with van der Waals surface area (Å²) >= 11 is 0. The number of piperidine rings is 1. The lowest BCUT2D eigenvalue weighted by atomic mass is 9.76. The van der Waals surface area contributed by atoms with Gasteiger partial charge in [0.25, 0.3) is 0 Å². The predicted octanol–water partition coefficient (Wildman–Crippen LogP) is 1.61. The van der Waals surface area contributed by atoms with E-state index in [4.69, 9.17) is 9.47 Å². The summed E-state index contributed by atoms with van der Waals surface area (Å²) in [5, 5.41) is 0. The topological polar surface area (TPSA) is 59.1 Å². The second kappa shape index (κ2) is 6.43. The molecule has 1 aromatic rings. The average Bonchev–Trinajstić information content (AvgIpc) is 2.95. The second-order valence-corrected chi connectivity index (χ2v) is 10.7. The molecule has 4 saturated heterocycles. The van der Waals surface area contributed by atoms with E-state index in [2.05, 4.69) is 4.90 Å². The maximum atomic E-state index is 13.5.